The Kier molecular flexibility index (Phi) is 6.65. The first-order valence-corrected chi connectivity index (χ1v) is 6.06. The van der Waals surface area contributed by atoms with Gasteiger partial charge in [-0.05, 0) is 40.0 Å². The summed E-state index contributed by atoms with van der Waals surface area (Å²) in [5.74, 6) is 0.187. The molecule has 1 atom stereocenters. The van der Waals surface area contributed by atoms with E-state index in [0.29, 0.717) is 19.1 Å². The average molecular weight is 230 g/mol. The van der Waals surface area contributed by atoms with Crippen LogP contribution in [0.2, 0.25) is 0 Å². The zero-order valence-electron chi connectivity index (χ0n) is 11.5. The number of rotatable bonds is 6. The van der Waals surface area contributed by atoms with Gasteiger partial charge in [0.15, 0.2) is 0 Å². The van der Waals surface area contributed by atoms with Crippen molar-refractivity contribution >= 4 is 5.97 Å². The molecule has 3 nitrogen and oxygen atoms in total. The van der Waals surface area contributed by atoms with Gasteiger partial charge in [0.1, 0.15) is 5.60 Å². The van der Waals surface area contributed by atoms with Crippen molar-refractivity contribution in [3.8, 4) is 0 Å². The highest BCUT2D eigenvalue weighted by atomic mass is 16.6. The smallest absolute Gasteiger partial charge is 0.311 e. The van der Waals surface area contributed by atoms with Gasteiger partial charge in [0.25, 0.3) is 0 Å². The molecule has 0 aromatic carbocycles. The van der Waals surface area contributed by atoms with Gasteiger partial charge in [0.05, 0.1) is 12.5 Å². The summed E-state index contributed by atoms with van der Waals surface area (Å²) in [5.41, 5.74) is -0.418. The van der Waals surface area contributed by atoms with Crippen molar-refractivity contribution in [3.63, 3.8) is 0 Å². The average Bonchev–Trinajstić information content (AvgIpc) is 2.08. The third-order valence-electron chi connectivity index (χ3n) is 2.02. The van der Waals surface area contributed by atoms with Crippen molar-refractivity contribution in [3.05, 3.63) is 0 Å². The second kappa shape index (κ2) is 6.89. The summed E-state index contributed by atoms with van der Waals surface area (Å²) < 4.78 is 10.7. The maximum Gasteiger partial charge on any atom is 0.311 e. The van der Waals surface area contributed by atoms with E-state index < -0.39 is 5.60 Å². The molecule has 0 aliphatic carbocycles. The lowest BCUT2D eigenvalue weighted by Gasteiger charge is -2.24. The fraction of sp³-hybridized carbons (Fsp3) is 0.923. The number of hydrogen-bond donors (Lipinski definition) is 0. The molecule has 16 heavy (non-hydrogen) atoms. The summed E-state index contributed by atoms with van der Waals surface area (Å²) in [5, 5.41) is 0. The Hall–Kier alpha value is -0.570. The minimum Gasteiger partial charge on any atom is -0.460 e. The normalized spacial score (nSPS) is 13.9. The van der Waals surface area contributed by atoms with Crippen LogP contribution in [-0.2, 0) is 14.3 Å². The molecule has 0 N–H and O–H groups in total. The minimum atomic E-state index is -0.418. The van der Waals surface area contributed by atoms with Crippen molar-refractivity contribution in [2.45, 2.75) is 53.6 Å². The van der Waals surface area contributed by atoms with Crippen molar-refractivity contribution in [1.29, 1.82) is 0 Å². The van der Waals surface area contributed by atoms with Gasteiger partial charge in [-0.3, -0.25) is 4.79 Å². The fourth-order valence-electron chi connectivity index (χ4n) is 1.45. The molecule has 0 aliphatic heterocycles. The van der Waals surface area contributed by atoms with Gasteiger partial charge in [-0.15, -0.1) is 0 Å². The van der Waals surface area contributed by atoms with Gasteiger partial charge in [-0.2, -0.15) is 0 Å². The molecule has 0 saturated carbocycles. The van der Waals surface area contributed by atoms with Gasteiger partial charge in [-0.1, -0.05) is 13.8 Å². The van der Waals surface area contributed by atoms with Crippen LogP contribution in [0, 0.1) is 11.8 Å². The summed E-state index contributed by atoms with van der Waals surface area (Å²) in [6, 6.07) is 0. The molecule has 0 aromatic rings. The number of esters is 1. The summed E-state index contributed by atoms with van der Waals surface area (Å²) in [6.07, 6.45) is 0.814. The SMILES string of the molecule is CCOCC(CC(C)C)C(=O)OC(C)(C)C. The molecule has 0 spiro atoms. The highest BCUT2D eigenvalue weighted by Crippen LogP contribution is 2.18. The summed E-state index contributed by atoms with van der Waals surface area (Å²) in [6.45, 7) is 12.9. The number of hydrogen-bond acceptors (Lipinski definition) is 3. The first kappa shape index (κ1) is 15.4. The zero-order valence-corrected chi connectivity index (χ0v) is 11.5. The van der Waals surface area contributed by atoms with E-state index in [2.05, 4.69) is 13.8 Å². The summed E-state index contributed by atoms with van der Waals surface area (Å²) in [4.78, 5) is 11.9. The second-order valence-corrected chi connectivity index (χ2v) is 5.52. The maximum atomic E-state index is 11.9. The van der Waals surface area contributed by atoms with Crippen molar-refractivity contribution in [2.75, 3.05) is 13.2 Å². The number of carbonyl (C=O) groups excluding carboxylic acids is 1. The number of ether oxygens (including phenoxy) is 2. The standard InChI is InChI=1S/C13H26O3/c1-7-15-9-11(8-10(2)3)12(14)16-13(4,5)6/h10-11H,7-9H2,1-6H3. The van der Waals surface area contributed by atoms with E-state index in [1.165, 1.54) is 0 Å². The predicted molar refractivity (Wildman–Crippen MR) is 65.3 cm³/mol. The molecule has 0 aromatic heterocycles. The van der Waals surface area contributed by atoms with Gasteiger partial charge in [-0.25, -0.2) is 0 Å². The Balaban J connectivity index is 4.31. The lowest BCUT2D eigenvalue weighted by Crippen LogP contribution is -2.31. The second-order valence-electron chi connectivity index (χ2n) is 5.52. The third kappa shape index (κ3) is 7.69. The van der Waals surface area contributed by atoms with Crippen LogP contribution in [-0.4, -0.2) is 24.8 Å². The van der Waals surface area contributed by atoms with Crippen LogP contribution in [0.15, 0.2) is 0 Å². The van der Waals surface area contributed by atoms with Crippen LogP contribution >= 0.6 is 0 Å². The maximum absolute atomic E-state index is 11.9. The Morgan fingerprint density at radius 2 is 1.81 bits per heavy atom. The molecule has 0 bridgehead atoms. The Morgan fingerprint density at radius 1 is 1.25 bits per heavy atom. The molecule has 0 aliphatic rings. The molecule has 0 rings (SSSR count). The van der Waals surface area contributed by atoms with Gasteiger partial charge in [0, 0.05) is 6.61 Å². The molecule has 0 amide bonds. The summed E-state index contributed by atoms with van der Waals surface area (Å²) >= 11 is 0. The third-order valence-corrected chi connectivity index (χ3v) is 2.02. The Bertz CT molecular complexity index is 204. The molecule has 1 unspecified atom stereocenters. The Labute approximate surface area is 99.5 Å². The molecular formula is C13H26O3. The zero-order chi connectivity index (χ0) is 12.8. The lowest BCUT2D eigenvalue weighted by atomic mass is 9.97. The monoisotopic (exact) mass is 230 g/mol. The van der Waals surface area contributed by atoms with Crippen molar-refractivity contribution < 1.29 is 14.3 Å². The first-order valence-electron chi connectivity index (χ1n) is 6.06. The van der Waals surface area contributed by atoms with Crippen molar-refractivity contribution in [2.24, 2.45) is 11.8 Å². The topological polar surface area (TPSA) is 35.5 Å². The van der Waals surface area contributed by atoms with Crippen LogP contribution in [0.25, 0.3) is 0 Å². The Morgan fingerprint density at radius 3 is 2.19 bits per heavy atom. The van der Waals surface area contributed by atoms with E-state index >= 15 is 0 Å². The van der Waals surface area contributed by atoms with Crippen molar-refractivity contribution in [1.82, 2.24) is 0 Å². The quantitative estimate of drug-likeness (QED) is 0.658. The van der Waals surface area contributed by atoms with Gasteiger partial charge >= 0.3 is 5.97 Å². The minimum absolute atomic E-state index is 0.140. The first-order chi connectivity index (χ1) is 7.26. The molecule has 0 radical (unpaired) electrons. The van der Waals surface area contributed by atoms with E-state index in [9.17, 15) is 4.79 Å². The van der Waals surface area contributed by atoms with Crippen LogP contribution in [0.3, 0.4) is 0 Å². The highest BCUT2D eigenvalue weighted by Gasteiger charge is 2.25. The van der Waals surface area contributed by atoms with Crippen LogP contribution < -0.4 is 0 Å². The fourth-order valence-corrected chi connectivity index (χ4v) is 1.45. The van der Waals surface area contributed by atoms with E-state index in [1.807, 2.05) is 27.7 Å². The van der Waals surface area contributed by atoms with E-state index in [-0.39, 0.29) is 11.9 Å². The highest BCUT2D eigenvalue weighted by molar-refractivity contribution is 5.73. The van der Waals surface area contributed by atoms with E-state index in [4.69, 9.17) is 9.47 Å². The summed E-state index contributed by atoms with van der Waals surface area (Å²) in [7, 11) is 0. The predicted octanol–water partition coefficient (Wildman–Crippen LogP) is 3.03. The molecular weight excluding hydrogens is 204 g/mol. The molecule has 0 fully saturated rings. The van der Waals surface area contributed by atoms with Crippen LogP contribution in [0.1, 0.15) is 48.0 Å². The van der Waals surface area contributed by atoms with Crippen LogP contribution in [0.5, 0.6) is 0 Å². The lowest BCUT2D eigenvalue weighted by molar-refractivity contribution is -0.162. The molecule has 0 saturated heterocycles. The molecule has 96 valence electrons. The molecule has 3 heteroatoms. The van der Waals surface area contributed by atoms with E-state index in [0.717, 1.165) is 6.42 Å². The van der Waals surface area contributed by atoms with Gasteiger partial charge < -0.3 is 9.47 Å². The van der Waals surface area contributed by atoms with Crippen LogP contribution in [0.4, 0.5) is 0 Å². The number of carbonyl (C=O) groups is 1. The largest absolute Gasteiger partial charge is 0.460 e. The van der Waals surface area contributed by atoms with Gasteiger partial charge in [0.2, 0.25) is 0 Å². The van der Waals surface area contributed by atoms with E-state index in [1.54, 1.807) is 0 Å². The molecule has 0 heterocycles.